The van der Waals surface area contributed by atoms with E-state index in [1.54, 1.807) is 0 Å². The lowest BCUT2D eigenvalue weighted by Gasteiger charge is -2.26. The topological polar surface area (TPSA) is 37.4 Å². The van der Waals surface area contributed by atoms with E-state index < -0.39 is 0 Å². The van der Waals surface area contributed by atoms with Crippen LogP contribution in [0, 0.1) is 0 Å². The lowest BCUT2D eigenvalue weighted by atomic mass is 10.0. The second-order valence-electron chi connectivity index (χ2n) is 8.75. The van der Waals surface area contributed by atoms with Crippen molar-refractivity contribution in [3.05, 3.63) is 89.5 Å². The summed E-state index contributed by atoms with van der Waals surface area (Å²) in [5.74, 6) is 0.365. The molecule has 0 saturated carbocycles. The SMILES string of the molecule is CCCCC(=O)c1ccc(N(c2ccc(C(=O)CCCC)cc2)c2ccc(C(C)S)cc2)cc1. The molecule has 178 valence electrons. The van der Waals surface area contributed by atoms with E-state index in [2.05, 4.69) is 62.6 Å². The predicted octanol–water partition coefficient (Wildman–Crippen LogP) is 8.89. The van der Waals surface area contributed by atoms with Crippen LogP contribution in [0.5, 0.6) is 0 Å². The minimum Gasteiger partial charge on any atom is -0.311 e. The molecule has 1 atom stereocenters. The molecule has 0 heterocycles. The zero-order valence-corrected chi connectivity index (χ0v) is 21.4. The molecule has 3 aromatic rings. The summed E-state index contributed by atoms with van der Waals surface area (Å²) >= 11 is 4.55. The number of carbonyl (C=O) groups is 2. The van der Waals surface area contributed by atoms with Gasteiger partial charge in [-0.3, -0.25) is 9.59 Å². The fourth-order valence-electron chi connectivity index (χ4n) is 3.91. The second kappa shape index (κ2) is 12.6. The fourth-order valence-corrected chi connectivity index (χ4v) is 4.08. The van der Waals surface area contributed by atoms with Gasteiger partial charge >= 0.3 is 0 Å². The van der Waals surface area contributed by atoms with E-state index in [0.29, 0.717) is 12.8 Å². The normalized spacial score (nSPS) is 11.8. The van der Waals surface area contributed by atoms with E-state index in [9.17, 15) is 9.59 Å². The van der Waals surface area contributed by atoms with Gasteiger partial charge in [0.2, 0.25) is 0 Å². The Balaban J connectivity index is 1.95. The van der Waals surface area contributed by atoms with Crippen molar-refractivity contribution in [2.24, 2.45) is 0 Å². The van der Waals surface area contributed by atoms with E-state index in [1.165, 1.54) is 0 Å². The third kappa shape index (κ3) is 6.60. The maximum absolute atomic E-state index is 12.4. The van der Waals surface area contributed by atoms with Crippen molar-refractivity contribution in [2.75, 3.05) is 4.90 Å². The Hall–Kier alpha value is -2.85. The Morgan fingerprint density at radius 3 is 1.35 bits per heavy atom. The molecule has 0 fully saturated rings. The highest BCUT2D eigenvalue weighted by atomic mass is 32.1. The molecule has 0 aromatic heterocycles. The molecule has 3 aromatic carbocycles. The summed E-state index contributed by atoms with van der Waals surface area (Å²) in [5.41, 5.74) is 5.57. The van der Waals surface area contributed by atoms with Gasteiger partial charge in [-0.2, -0.15) is 12.6 Å². The van der Waals surface area contributed by atoms with Crippen LogP contribution in [0.25, 0.3) is 0 Å². The van der Waals surface area contributed by atoms with Gasteiger partial charge in [-0.15, -0.1) is 0 Å². The van der Waals surface area contributed by atoms with Gasteiger partial charge in [0.15, 0.2) is 11.6 Å². The monoisotopic (exact) mass is 473 g/mol. The Bertz CT molecular complexity index is 1010. The Morgan fingerprint density at radius 1 is 0.676 bits per heavy atom. The smallest absolute Gasteiger partial charge is 0.162 e. The Kier molecular flexibility index (Phi) is 9.52. The molecule has 4 heteroatoms. The first-order valence-corrected chi connectivity index (χ1v) is 12.8. The minimum atomic E-state index is 0.157. The molecule has 0 aliphatic heterocycles. The molecule has 0 saturated heterocycles. The first-order chi connectivity index (χ1) is 16.4. The summed E-state index contributed by atoms with van der Waals surface area (Å²) < 4.78 is 0. The van der Waals surface area contributed by atoms with Crippen molar-refractivity contribution in [2.45, 2.75) is 64.5 Å². The summed E-state index contributed by atoms with van der Waals surface area (Å²) in [6.45, 7) is 6.24. The largest absolute Gasteiger partial charge is 0.311 e. The minimum absolute atomic E-state index is 0.157. The van der Waals surface area contributed by atoms with Crippen molar-refractivity contribution >= 4 is 41.3 Å². The highest BCUT2D eigenvalue weighted by Gasteiger charge is 2.15. The highest BCUT2D eigenvalue weighted by molar-refractivity contribution is 7.80. The molecule has 34 heavy (non-hydrogen) atoms. The zero-order valence-electron chi connectivity index (χ0n) is 20.5. The number of nitrogens with zero attached hydrogens (tertiary/aromatic N) is 1. The van der Waals surface area contributed by atoms with Gasteiger partial charge in [-0.25, -0.2) is 0 Å². The van der Waals surface area contributed by atoms with E-state index in [4.69, 9.17) is 0 Å². The molecular formula is C30H35NO2S. The van der Waals surface area contributed by atoms with Crippen LogP contribution < -0.4 is 4.90 Å². The average molecular weight is 474 g/mol. The van der Waals surface area contributed by atoms with Crippen LogP contribution >= 0.6 is 12.6 Å². The van der Waals surface area contributed by atoms with E-state index in [0.717, 1.165) is 59.4 Å². The van der Waals surface area contributed by atoms with Crippen LogP contribution in [0.15, 0.2) is 72.8 Å². The molecule has 1 unspecified atom stereocenters. The van der Waals surface area contributed by atoms with Crippen molar-refractivity contribution in [3.8, 4) is 0 Å². The first kappa shape index (κ1) is 25.8. The van der Waals surface area contributed by atoms with E-state index in [-0.39, 0.29) is 16.8 Å². The number of unbranched alkanes of at least 4 members (excludes halogenated alkanes) is 2. The van der Waals surface area contributed by atoms with Gasteiger partial charge in [-0.05, 0) is 86.0 Å². The van der Waals surface area contributed by atoms with Crippen LogP contribution in [0.4, 0.5) is 17.1 Å². The van der Waals surface area contributed by atoms with Crippen LogP contribution in [0.2, 0.25) is 0 Å². The zero-order chi connectivity index (χ0) is 24.5. The van der Waals surface area contributed by atoms with Gasteiger partial charge < -0.3 is 4.90 Å². The van der Waals surface area contributed by atoms with Crippen LogP contribution in [-0.4, -0.2) is 11.6 Å². The van der Waals surface area contributed by atoms with Gasteiger partial charge in [0.05, 0.1) is 0 Å². The molecule has 0 spiro atoms. The molecule has 0 bridgehead atoms. The third-order valence-corrected chi connectivity index (χ3v) is 6.34. The highest BCUT2D eigenvalue weighted by Crippen LogP contribution is 2.36. The summed E-state index contributed by atoms with van der Waals surface area (Å²) in [6, 6.07) is 24.0. The lowest BCUT2D eigenvalue weighted by molar-refractivity contribution is 0.0972. The summed E-state index contributed by atoms with van der Waals surface area (Å²) in [4.78, 5) is 27.0. The number of anilines is 3. The Morgan fingerprint density at radius 2 is 1.03 bits per heavy atom. The quantitative estimate of drug-likeness (QED) is 0.211. The standard InChI is InChI=1S/C30H35NO2S/c1-4-6-8-29(32)24-12-18-27(19-13-24)31(26-16-10-23(11-17-26)22(3)34)28-20-14-25(15-21-28)30(33)9-7-5-2/h10-22,34H,4-9H2,1-3H3. The Labute approximate surface area is 209 Å². The molecule has 3 nitrogen and oxygen atoms in total. The summed E-state index contributed by atoms with van der Waals surface area (Å²) in [7, 11) is 0. The molecular weight excluding hydrogens is 438 g/mol. The lowest BCUT2D eigenvalue weighted by Crippen LogP contribution is -2.11. The summed E-state index contributed by atoms with van der Waals surface area (Å²) in [5, 5.41) is 0.157. The molecule has 0 aliphatic rings. The third-order valence-electron chi connectivity index (χ3n) is 6.04. The van der Waals surface area contributed by atoms with Crippen molar-refractivity contribution < 1.29 is 9.59 Å². The number of ketones is 2. The van der Waals surface area contributed by atoms with E-state index in [1.807, 2.05) is 48.5 Å². The predicted molar refractivity (Wildman–Crippen MR) is 146 cm³/mol. The number of Topliss-reactive ketones (excluding diaryl/α,β-unsaturated/α-hetero) is 2. The summed E-state index contributed by atoms with van der Waals surface area (Å²) in [6.07, 6.45) is 5.00. The van der Waals surface area contributed by atoms with Crippen molar-refractivity contribution in [1.29, 1.82) is 0 Å². The van der Waals surface area contributed by atoms with Crippen molar-refractivity contribution in [3.63, 3.8) is 0 Å². The van der Waals surface area contributed by atoms with Crippen molar-refractivity contribution in [1.82, 2.24) is 0 Å². The van der Waals surface area contributed by atoms with Gasteiger partial charge in [0.25, 0.3) is 0 Å². The molecule has 0 radical (unpaired) electrons. The molecule has 0 amide bonds. The maximum Gasteiger partial charge on any atom is 0.162 e. The number of benzene rings is 3. The van der Waals surface area contributed by atoms with Crippen LogP contribution in [0.3, 0.4) is 0 Å². The maximum atomic E-state index is 12.4. The van der Waals surface area contributed by atoms with Crippen LogP contribution in [-0.2, 0) is 0 Å². The number of hydrogen-bond donors (Lipinski definition) is 1. The number of rotatable bonds is 12. The van der Waals surface area contributed by atoms with Gasteiger partial charge in [-0.1, -0.05) is 38.8 Å². The van der Waals surface area contributed by atoms with Gasteiger partial charge in [0.1, 0.15) is 0 Å². The number of carbonyl (C=O) groups excluding carboxylic acids is 2. The molecule has 0 N–H and O–H groups in total. The second-order valence-corrected chi connectivity index (χ2v) is 9.52. The first-order valence-electron chi connectivity index (χ1n) is 12.3. The average Bonchev–Trinajstić information content (AvgIpc) is 2.87. The number of hydrogen-bond acceptors (Lipinski definition) is 4. The van der Waals surface area contributed by atoms with Gasteiger partial charge in [0, 0.05) is 46.3 Å². The van der Waals surface area contributed by atoms with Crippen LogP contribution in [0.1, 0.15) is 90.8 Å². The molecule has 0 aliphatic carbocycles. The number of thiol groups is 1. The fraction of sp³-hybridized carbons (Fsp3) is 0.333. The molecule has 3 rings (SSSR count). The van der Waals surface area contributed by atoms with E-state index >= 15 is 0 Å².